The summed E-state index contributed by atoms with van der Waals surface area (Å²) in [6.45, 7) is 1.56. The minimum absolute atomic E-state index is 0.104. The largest absolute Gasteiger partial charge is 0.295 e. The molecule has 82 valence electrons. The van der Waals surface area contributed by atoms with E-state index in [9.17, 15) is 4.79 Å². The summed E-state index contributed by atoms with van der Waals surface area (Å²) >= 11 is 0. The first-order valence-electron chi connectivity index (χ1n) is 5.18. The van der Waals surface area contributed by atoms with Gasteiger partial charge < -0.3 is 0 Å². The molecule has 0 saturated heterocycles. The van der Waals surface area contributed by atoms with Crippen LogP contribution in [0.25, 0.3) is 0 Å². The van der Waals surface area contributed by atoms with Gasteiger partial charge in [-0.3, -0.25) is 9.78 Å². The van der Waals surface area contributed by atoms with E-state index in [0.29, 0.717) is 0 Å². The molecule has 0 amide bonds. The Kier molecular flexibility index (Phi) is 5.56. The topological polar surface area (TPSA) is 30.0 Å². The van der Waals surface area contributed by atoms with Gasteiger partial charge in [-0.25, -0.2) is 0 Å². The third kappa shape index (κ3) is 5.70. The minimum atomic E-state index is 0.104. The number of allylic oxidation sites excluding steroid dienone is 6. The van der Waals surface area contributed by atoms with Crippen LogP contribution < -0.4 is 0 Å². The van der Waals surface area contributed by atoms with Crippen LogP contribution in [0.2, 0.25) is 0 Å². The van der Waals surface area contributed by atoms with E-state index < -0.39 is 0 Å². The lowest BCUT2D eigenvalue weighted by Crippen LogP contribution is -1.80. The monoisotopic (exact) mass is 213 g/mol. The van der Waals surface area contributed by atoms with Gasteiger partial charge in [-0.15, -0.1) is 0 Å². The number of aromatic nitrogens is 1. The van der Waals surface area contributed by atoms with Crippen LogP contribution in [-0.2, 0) is 4.79 Å². The Morgan fingerprint density at radius 2 is 2.06 bits per heavy atom. The van der Waals surface area contributed by atoms with Crippen molar-refractivity contribution in [2.24, 2.45) is 0 Å². The van der Waals surface area contributed by atoms with Crippen LogP contribution in [0.4, 0.5) is 0 Å². The van der Waals surface area contributed by atoms with Gasteiger partial charge >= 0.3 is 0 Å². The summed E-state index contributed by atoms with van der Waals surface area (Å²) in [5, 5.41) is 0. The molecule has 0 atom stereocenters. The first-order valence-corrected chi connectivity index (χ1v) is 5.18. The summed E-state index contributed by atoms with van der Waals surface area (Å²) in [5.74, 6) is 0.104. The molecule has 0 aliphatic heterocycles. The summed E-state index contributed by atoms with van der Waals surface area (Å²) in [6, 6.07) is 5.72. The van der Waals surface area contributed by atoms with E-state index >= 15 is 0 Å². The number of ketones is 1. The molecule has 1 aromatic heterocycles. The summed E-state index contributed by atoms with van der Waals surface area (Å²) in [4.78, 5) is 14.3. The summed E-state index contributed by atoms with van der Waals surface area (Å²) < 4.78 is 0. The van der Waals surface area contributed by atoms with Crippen molar-refractivity contribution < 1.29 is 4.79 Å². The SMILES string of the molecule is CC(=O)C=CC1=CC=CC1.c1ccncc1. The molecule has 0 fully saturated rings. The van der Waals surface area contributed by atoms with Crippen LogP contribution in [0.1, 0.15) is 13.3 Å². The van der Waals surface area contributed by atoms with Gasteiger partial charge in [0.25, 0.3) is 0 Å². The van der Waals surface area contributed by atoms with E-state index in [1.54, 1.807) is 25.4 Å². The van der Waals surface area contributed by atoms with Crippen molar-refractivity contribution in [3.63, 3.8) is 0 Å². The first kappa shape index (κ1) is 12.1. The van der Waals surface area contributed by atoms with Crippen molar-refractivity contribution in [2.45, 2.75) is 13.3 Å². The number of pyridine rings is 1. The van der Waals surface area contributed by atoms with Gasteiger partial charge in [0.05, 0.1) is 0 Å². The van der Waals surface area contributed by atoms with E-state index in [1.165, 1.54) is 5.57 Å². The van der Waals surface area contributed by atoms with Crippen LogP contribution in [0.5, 0.6) is 0 Å². The maximum Gasteiger partial charge on any atom is 0.152 e. The number of carbonyl (C=O) groups excluding carboxylic acids is 1. The fraction of sp³-hybridized carbons (Fsp3) is 0.143. The minimum Gasteiger partial charge on any atom is -0.295 e. The van der Waals surface area contributed by atoms with Gasteiger partial charge in [0.15, 0.2) is 5.78 Å². The average Bonchev–Trinajstić information content (AvgIpc) is 2.82. The molecular weight excluding hydrogens is 198 g/mol. The van der Waals surface area contributed by atoms with Crippen molar-refractivity contribution in [3.05, 3.63) is 66.5 Å². The fourth-order valence-corrected chi connectivity index (χ4v) is 1.12. The molecule has 0 N–H and O–H groups in total. The lowest BCUT2D eigenvalue weighted by molar-refractivity contribution is -0.112. The maximum atomic E-state index is 10.5. The average molecular weight is 213 g/mol. The Balaban J connectivity index is 0.000000181. The van der Waals surface area contributed by atoms with Crippen LogP contribution in [0, 0.1) is 0 Å². The Bertz CT molecular complexity index is 375. The van der Waals surface area contributed by atoms with E-state index in [4.69, 9.17) is 0 Å². The van der Waals surface area contributed by atoms with Gasteiger partial charge in [-0.05, 0) is 37.1 Å². The number of carbonyl (C=O) groups is 1. The van der Waals surface area contributed by atoms with E-state index in [0.717, 1.165) is 6.42 Å². The number of hydrogen-bond donors (Lipinski definition) is 0. The zero-order valence-electron chi connectivity index (χ0n) is 9.34. The third-order valence-electron chi connectivity index (χ3n) is 1.90. The second-order valence-corrected chi connectivity index (χ2v) is 3.34. The molecule has 1 aliphatic carbocycles. The van der Waals surface area contributed by atoms with Crippen molar-refractivity contribution in [2.75, 3.05) is 0 Å². The van der Waals surface area contributed by atoms with Crippen LogP contribution in [0.15, 0.2) is 66.5 Å². The number of nitrogens with zero attached hydrogens (tertiary/aromatic N) is 1. The maximum absolute atomic E-state index is 10.5. The standard InChI is InChI=1S/C9H10O.C5H5N/c1-8(10)6-7-9-4-2-3-5-9;1-2-4-6-5-3-1/h2-4,6-7H,5H2,1H3;1-5H. The van der Waals surface area contributed by atoms with Crippen molar-refractivity contribution in [1.29, 1.82) is 0 Å². The molecule has 2 heteroatoms. The molecule has 0 saturated carbocycles. The highest BCUT2D eigenvalue weighted by Gasteiger charge is 1.92. The molecule has 0 unspecified atom stereocenters. The first-order chi connectivity index (χ1) is 7.79. The molecule has 0 spiro atoms. The third-order valence-corrected chi connectivity index (χ3v) is 1.90. The molecule has 1 heterocycles. The van der Waals surface area contributed by atoms with Gasteiger partial charge in [0.2, 0.25) is 0 Å². The molecule has 2 nitrogen and oxygen atoms in total. The smallest absolute Gasteiger partial charge is 0.152 e. The lowest BCUT2D eigenvalue weighted by Gasteiger charge is -1.87. The quantitative estimate of drug-likeness (QED) is 0.706. The van der Waals surface area contributed by atoms with Gasteiger partial charge in [-0.1, -0.05) is 30.4 Å². The summed E-state index contributed by atoms with van der Waals surface area (Å²) in [5.41, 5.74) is 1.20. The van der Waals surface area contributed by atoms with Crippen LogP contribution in [0.3, 0.4) is 0 Å². The highest BCUT2D eigenvalue weighted by Crippen LogP contribution is 2.10. The van der Waals surface area contributed by atoms with Gasteiger partial charge in [-0.2, -0.15) is 0 Å². The lowest BCUT2D eigenvalue weighted by atomic mass is 10.2. The van der Waals surface area contributed by atoms with Crippen molar-refractivity contribution in [3.8, 4) is 0 Å². The Hall–Kier alpha value is -1.96. The van der Waals surface area contributed by atoms with Crippen LogP contribution in [-0.4, -0.2) is 10.8 Å². The predicted octanol–water partition coefficient (Wildman–Crippen LogP) is 3.10. The molecule has 0 bridgehead atoms. The number of rotatable bonds is 2. The highest BCUT2D eigenvalue weighted by molar-refractivity contribution is 5.87. The van der Waals surface area contributed by atoms with Crippen LogP contribution >= 0.6 is 0 Å². The Morgan fingerprint density at radius 1 is 1.31 bits per heavy atom. The Morgan fingerprint density at radius 3 is 2.44 bits per heavy atom. The Labute approximate surface area is 96.0 Å². The second kappa shape index (κ2) is 7.35. The summed E-state index contributed by atoms with van der Waals surface area (Å²) in [6.07, 6.45) is 14.0. The summed E-state index contributed by atoms with van der Waals surface area (Å²) in [7, 11) is 0. The van der Waals surface area contributed by atoms with E-state index in [2.05, 4.69) is 11.1 Å². The van der Waals surface area contributed by atoms with Crippen molar-refractivity contribution >= 4 is 5.78 Å². The van der Waals surface area contributed by atoms with E-state index in [1.807, 2.05) is 36.4 Å². The fourth-order valence-electron chi connectivity index (χ4n) is 1.12. The zero-order valence-corrected chi connectivity index (χ0v) is 9.34. The molecule has 0 radical (unpaired) electrons. The normalized spacial score (nSPS) is 13.2. The predicted molar refractivity (Wildman–Crippen MR) is 65.9 cm³/mol. The van der Waals surface area contributed by atoms with E-state index in [-0.39, 0.29) is 5.78 Å². The molecular formula is C14H15NO. The molecule has 1 aromatic rings. The highest BCUT2D eigenvalue weighted by atomic mass is 16.1. The molecule has 16 heavy (non-hydrogen) atoms. The van der Waals surface area contributed by atoms with Gasteiger partial charge in [0.1, 0.15) is 0 Å². The van der Waals surface area contributed by atoms with Crippen molar-refractivity contribution in [1.82, 2.24) is 4.98 Å². The molecule has 2 rings (SSSR count). The van der Waals surface area contributed by atoms with Gasteiger partial charge in [0, 0.05) is 12.4 Å². The molecule has 0 aromatic carbocycles. The molecule has 1 aliphatic rings. The second-order valence-electron chi connectivity index (χ2n) is 3.34. The number of hydrogen-bond acceptors (Lipinski definition) is 2. The zero-order chi connectivity index (χ0) is 11.6.